The van der Waals surface area contributed by atoms with E-state index in [2.05, 4.69) is 78.6 Å². The van der Waals surface area contributed by atoms with Crippen LogP contribution in [0.1, 0.15) is 81.0 Å². The number of halogens is 2. The van der Waals surface area contributed by atoms with E-state index < -0.39 is 0 Å². The zero-order chi connectivity index (χ0) is 35.2. The van der Waals surface area contributed by atoms with Gasteiger partial charge in [-0.15, -0.1) is 0 Å². The van der Waals surface area contributed by atoms with Crippen molar-refractivity contribution < 1.29 is 19.3 Å². The quantitative estimate of drug-likeness (QED) is 0.173. The van der Waals surface area contributed by atoms with Gasteiger partial charge in [-0.3, -0.25) is 0 Å². The molecule has 2 atom stereocenters. The van der Waals surface area contributed by atoms with Crippen molar-refractivity contribution in [1.29, 1.82) is 0 Å². The standard InChI is InChI=1S/C41H34Br2N4O4/c1-22-40-38(50-46-22)20-28(18-34(44-40)26-5-9-30(42)10-6-26)32-16-24(3-13-36(32)48)15-25-4-14-37(49)33(17-25)29-19-35(27-7-11-31(43)12-8-27)45-41-23(2)47-51-39(41)21-29/h3-14,16-17,28-29,48-49H,15,18-21H2,1-2H3. The van der Waals surface area contributed by atoms with E-state index in [0.717, 1.165) is 88.0 Å². The van der Waals surface area contributed by atoms with Crippen LogP contribution in [0.25, 0.3) is 0 Å². The Morgan fingerprint density at radius 1 is 0.588 bits per heavy atom. The lowest BCUT2D eigenvalue weighted by Gasteiger charge is -2.20. The minimum absolute atomic E-state index is 0.0850. The number of aromatic nitrogens is 2. The Morgan fingerprint density at radius 3 is 1.41 bits per heavy atom. The first kappa shape index (κ1) is 33.3. The van der Waals surface area contributed by atoms with Crippen molar-refractivity contribution in [1.82, 2.24) is 10.3 Å². The van der Waals surface area contributed by atoms with Crippen molar-refractivity contribution in [2.24, 2.45) is 9.98 Å². The lowest BCUT2D eigenvalue weighted by atomic mass is 9.85. The Balaban J connectivity index is 1.10. The zero-order valence-electron chi connectivity index (χ0n) is 28.0. The lowest BCUT2D eigenvalue weighted by molar-refractivity contribution is 0.371. The Morgan fingerprint density at radius 2 is 1.00 bits per heavy atom. The van der Waals surface area contributed by atoms with Crippen LogP contribution in [0.4, 0.5) is 11.4 Å². The second-order valence-electron chi connectivity index (χ2n) is 13.4. The number of hydrogen-bond acceptors (Lipinski definition) is 8. The normalized spacial score (nSPS) is 17.2. The molecular formula is C41H34Br2N4O4. The SMILES string of the molecule is Cc1noc2c1N=C(c1ccc(Br)cc1)CC(c1cc(Cc3ccc(O)c(C4CC(c5ccc(Br)cc5)=Nc5c(C)noc5C4)c3)ccc1O)C2. The van der Waals surface area contributed by atoms with Gasteiger partial charge in [-0.1, -0.05) is 90.7 Å². The number of aryl methyl sites for hydroxylation is 2. The van der Waals surface area contributed by atoms with Crippen LogP contribution in [0.3, 0.4) is 0 Å². The zero-order valence-corrected chi connectivity index (χ0v) is 31.2. The molecule has 2 aliphatic heterocycles. The van der Waals surface area contributed by atoms with Crippen LogP contribution in [0.2, 0.25) is 0 Å². The van der Waals surface area contributed by atoms with E-state index in [9.17, 15) is 10.2 Å². The highest BCUT2D eigenvalue weighted by atomic mass is 79.9. The van der Waals surface area contributed by atoms with Gasteiger partial charge in [0.2, 0.25) is 0 Å². The van der Waals surface area contributed by atoms with Crippen molar-refractivity contribution in [3.8, 4) is 11.5 Å². The number of rotatable bonds is 6. The topological polar surface area (TPSA) is 117 Å². The van der Waals surface area contributed by atoms with E-state index in [-0.39, 0.29) is 23.3 Å². The molecule has 0 saturated heterocycles. The second kappa shape index (κ2) is 13.7. The molecule has 256 valence electrons. The third-order valence-corrected chi connectivity index (χ3v) is 10.9. The van der Waals surface area contributed by atoms with Gasteiger partial charge in [-0.05, 0) is 103 Å². The molecule has 6 aromatic rings. The highest BCUT2D eigenvalue weighted by molar-refractivity contribution is 9.10. The molecule has 2 unspecified atom stereocenters. The van der Waals surface area contributed by atoms with E-state index in [0.29, 0.717) is 32.1 Å². The molecule has 0 radical (unpaired) electrons. The summed E-state index contributed by atoms with van der Waals surface area (Å²) >= 11 is 7.08. The van der Waals surface area contributed by atoms with Crippen molar-refractivity contribution >= 4 is 54.7 Å². The van der Waals surface area contributed by atoms with Gasteiger partial charge in [0.25, 0.3) is 0 Å². The number of phenolic OH excluding ortho intramolecular Hbond substituents is 2. The molecule has 2 aromatic heterocycles. The maximum atomic E-state index is 11.2. The highest BCUT2D eigenvalue weighted by Crippen LogP contribution is 2.42. The van der Waals surface area contributed by atoms with Crippen molar-refractivity contribution in [3.63, 3.8) is 0 Å². The van der Waals surface area contributed by atoms with Gasteiger partial charge in [-0.2, -0.15) is 0 Å². The summed E-state index contributed by atoms with van der Waals surface area (Å²) in [7, 11) is 0. The first-order chi connectivity index (χ1) is 24.7. The molecule has 8 nitrogen and oxygen atoms in total. The van der Waals surface area contributed by atoms with E-state index >= 15 is 0 Å². The molecule has 51 heavy (non-hydrogen) atoms. The van der Waals surface area contributed by atoms with Gasteiger partial charge in [0.05, 0.1) is 0 Å². The molecule has 10 heteroatoms. The number of hydrogen-bond donors (Lipinski definition) is 2. The van der Waals surface area contributed by atoms with Gasteiger partial charge < -0.3 is 19.3 Å². The third kappa shape index (κ3) is 6.82. The molecule has 0 spiro atoms. The Bertz CT molecular complexity index is 2160. The molecule has 0 saturated carbocycles. The smallest absolute Gasteiger partial charge is 0.163 e. The van der Waals surface area contributed by atoms with Crippen LogP contribution >= 0.6 is 31.9 Å². The van der Waals surface area contributed by atoms with Crippen LogP contribution in [0.5, 0.6) is 11.5 Å². The number of aromatic hydroxyl groups is 2. The summed E-state index contributed by atoms with van der Waals surface area (Å²) in [5, 5.41) is 30.9. The van der Waals surface area contributed by atoms with Crippen LogP contribution < -0.4 is 0 Å². The average Bonchev–Trinajstić information content (AvgIpc) is 3.48. The minimum atomic E-state index is -0.0850. The van der Waals surface area contributed by atoms with Gasteiger partial charge in [0.15, 0.2) is 11.5 Å². The fraction of sp³-hybridized carbons (Fsp3) is 0.220. The van der Waals surface area contributed by atoms with Crippen molar-refractivity contribution in [2.75, 3.05) is 0 Å². The maximum absolute atomic E-state index is 11.2. The van der Waals surface area contributed by atoms with Crippen LogP contribution in [-0.4, -0.2) is 31.9 Å². The molecule has 0 bridgehead atoms. The van der Waals surface area contributed by atoms with E-state index in [1.165, 1.54) is 0 Å². The number of nitrogens with zero attached hydrogens (tertiary/aromatic N) is 4. The number of phenols is 2. The molecule has 0 fully saturated rings. The van der Waals surface area contributed by atoms with Crippen molar-refractivity contribution in [2.45, 2.75) is 57.8 Å². The summed E-state index contributed by atoms with van der Waals surface area (Å²) in [4.78, 5) is 10.1. The van der Waals surface area contributed by atoms with Gasteiger partial charge in [0.1, 0.15) is 34.3 Å². The first-order valence-electron chi connectivity index (χ1n) is 16.9. The Kier molecular flexibility index (Phi) is 8.98. The molecule has 4 aromatic carbocycles. The van der Waals surface area contributed by atoms with Gasteiger partial charge >= 0.3 is 0 Å². The fourth-order valence-corrected chi connectivity index (χ4v) is 7.73. The number of aliphatic imine (C=N–C) groups is 2. The predicted octanol–water partition coefficient (Wildman–Crippen LogP) is 10.5. The van der Waals surface area contributed by atoms with Crippen LogP contribution in [-0.2, 0) is 19.3 Å². The summed E-state index contributed by atoms with van der Waals surface area (Å²) < 4.78 is 13.5. The van der Waals surface area contributed by atoms with E-state index in [1.807, 2.05) is 50.2 Å². The summed E-state index contributed by atoms with van der Waals surface area (Å²) in [6.07, 6.45) is 2.98. The summed E-state index contributed by atoms with van der Waals surface area (Å²) in [6, 6.07) is 27.9. The van der Waals surface area contributed by atoms with Crippen LogP contribution in [0.15, 0.2) is 113 Å². The molecule has 2 aliphatic rings. The molecular weight excluding hydrogens is 772 g/mol. The molecule has 0 amide bonds. The first-order valence-corrected chi connectivity index (χ1v) is 18.5. The predicted molar refractivity (Wildman–Crippen MR) is 204 cm³/mol. The number of fused-ring (bicyclic) bond motifs is 2. The van der Waals surface area contributed by atoms with E-state index in [4.69, 9.17) is 19.0 Å². The molecule has 0 aliphatic carbocycles. The largest absolute Gasteiger partial charge is 0.508 e. The van der Waals surface area contributed by atoms with Crippen molar-refractivity contribution in [3.05, 3.63) is 150 Å². The van der Waals surface area contributed by atoms with E-state index in [1.54, 1.807) is 12.1 Å². The molecule has 4 heterocycles. The Labute approximate surface area is 312 Å². The summed E-state index contributed by atoms with van der Waals surface area (Å²) in [6.45, 7) is 3.81. The Hall–Kier alpha value is -4.80. The van der Waals surface area contributed by atoms with Crippen LogP contribution in [0, 0.1) is 13.8 Å². The van der Waals surface area contributed by atoms with Gasteiger partial charge in [0, 0.05) is 45.0 Å². The monoisotopic (exact) mass is 804 g/mol. The lowest BCUT2D eigenvalue weighted by Crippen LogP contribution is -2.10. The van der Waals surface area contributed by atoms with Gasteiger partial charge in [-0.25, -0.2) is 9.98 Å². The molecule has 2 N–H and O–H groups in total. The molecule has 8 rings (SSSR count). The third-order valence-electron chi connectivity index (χ3n) is 9.86. The maximum Gasteiger partial charge on any atom is 0.163 e. The number of benzene rings is 4. The fourth-order valence-electron chi connectivity index (χ4n) is 7.20. The summed E-state index contributed by atoms with van der Waals surface area (Å²) in [5.41, 5.74) is 10.7. The summed E-state index contributed by atoms with van der Waals surface area (Å²) in [5.74, 6) is 1.74. The minimum Gasteiger partial charge on any atom is -0.508 e. The highest BCUT2D eigenvalue weighted by Gasteiger charge is 2.30. The average molecular weight is 807 g/mol. The second-order valence-corrected chi connectivity index (χ2v) is 15.2.